The van der Waals surface area contributed by atoms with Crippen LogP contribution in [0.2, 0.25) is 0 Å². The molecular weight excluding hydrogens is 416 g/mol. The van der Waals surface area contributed by atoms with Gasteiger partial charge in [0.1, 0.15) is 11.8 Å². The molecule has 2 heterocycles. The van der Waals surface area contributed by atoms with Gasteiger partial charge in [0.15, 0.2) is 0 Å². The summed E-state index contributed by atoms with van der Waals surface area (Å²) in [5, 5.41) is 2.99. The topological polar surface area (TPSA) is 88.8 Å². The van der Waals surface area contributed by atoms with Crippen LogP contribution < -0.4 is 5.32 Å². The minimum Gasteiger partial charge on any atom is -0.467 e. The molecule has 4 rings (SSSR count). The number of hydrogen-bond acceptors (Lipinski definition) is 5. The van der Waals surface area contributed by atoms with Crippen molar-refractivity contribution in [2.75, 3.05) is 26.3 Å². The third kappa shape index (κ3) is 4.56. The molecule has 2 aromatic carbocycles. The minimum absolute atomic E-state index is 0.0967. The first-order valence-electron chi connectivity index (χ1n) is 10.0. The summed E-state index contributed by atoms with van der Waals surface area (Å²) < 4.78 is 38.2. The Bertz CT molecular complexity index is 1140. The lowest BCUT2D eigenvalue weighted by Crippen LogP contribution is -2.40. The molecule has 0 spiro atoms. The van der Waals surface area contributed by atoms with Crippen LogP contribution in [-0.4, -0.2) is 44.9 Å². The molecule has 1 N–H and O–H groups in total. The highest BCUT2D eigenvalue weighted by Gasteiger charge is 2.28. The quantitative estimate of drug-likeness (QED) is 0.636. The number of ether oxygens (including phenoxy) is 1. The number of nitrogens with one attached hydrogen (secondary N) is 1. The Morgan fingerprint density at radius 2 is 1.77 bits per heavy atom. The number of amides is 1. The second-order valence-electron chi connectivity index (χ2n) is 7.33. The molecule has 0 aliphatic carbocycles. The van der Waals surface area contributed by atoms with E-state index in [0.29, 0.717) is 43.2 Å². The lowest BCUT2D eigenvalue weighted by Gasteiger charge is -2.26. The van der Waals surface area contributed by atoms with Gasteiger partial charge >= 0.3 is 0 Å². The van der Waals surface area contributed by atoms with Crippen LogP contribution >= 0.6 is 0 Å². The van der Waals surface area contributed by atoms with E-state index in [9.17, 15) is 13.2 Å². The van der Waals surface area contributed by atoms with Crippen molar-refractivity contribution in [1.29, 1.82) is 0 Å². The number of furan rings is 1. The van der Waals surface area contributed by atoms with Gasteiger partial charge in [0, 0.05) is 18.7 Å². The van der Waals surface area contributed by atoms with Crippen molar-refractivity contribution in [2.45, 2.75) is 17.9 Å². The van der Waals surface area contributed by atoms with Crippen LogP contribution in [0.25, 0.3) is 0 Å². The standard InChI is InChI=1S/C23H24N2O5S/c1-17-9-10-19(31(27,28)25-11-14-29-15-12-25)16-20(17)23(26)24-22(21-8-5-13-30-21)18-6-3-2-4-7-18/h2-10,13,16,22H,11-12,14-15H2,1H3,(H,24,26). The number of aryl methyl sites for hydroxylation is 1. The van der Waals surface area contributed by atoms with E-state index in [-0.39, 0.29) is 10.8 Å². The molecule has 8 heteroatoms. The van der Waals surface area contributed by atoms with Gasteiger partial charge < -0.3 is 14.5 Å². The molecule has 0 radical (unpaired) electrons. The zero-order valence-corrected chi connectivity index (χ0v) is 18.0. The van der Waals surface area contributed by atoms with Crippen LogP contribution in [-0.2, 0) is 14.8 Å². The van der Waals surface area contributed by atoms with Crippen LogP contribution in [0.5, 0.6) is 0 Å². The molecule has 1 aromatic heterocycles. The van der Waals surface area contributed by atoms with Gasteiger partial charge in [-0.2, -0.15) is 4.31 Å². The summed E-state index contributed by atoms with van der Waals surface area (Å²) in [5.74, 6) is 0.219. The Morgan fingerprint density at radius 1 is 1.03 bits per heavy atom. The van der Waals surface area contributed by atoms with Crippen molar-refractivity contribution in [1.82, 2.24) is 9.62 Å². The second-order valence-corrected chi connectivity index (χ2v) is 9.26. The Kier molecular flexibility index (Phi) is 6.22. The Morgan fingerprint density at radius 3 is 2.45 bits per heavy atom. The van der Waals surface area contributed by atoms with Gasteiger partial charge in [-0.05, 0) is 42.3 Å². The largest absolute Gasteiger partial charge is 0.467 e. The fraction of sp³-hybridized carbons (Fsp3) is 0.261. The SMILES string of the molecule is Cc1ccc(S(=O)(=O)N2CCOCC2)cc1C(=O)NC(c1ccccc1)c1ccco1. The van der Waals surface area contributed by atoms with Crippen molar-refractivity contribution in [3.63, 3.8) is 0 Å². The van der Waals surface area contributed by atoms with Crippen LogP contribution in [0.15, 0.2) is 76.2 Å². The van der Waals surface area contributed by atoms with Crippen molar-refractivity contribution in [2.24, 2.45) is 0 Å². The number of rotatable bonds is 6. The Hall–Kier alpha value is -2.94. The molecule has 1 atom stereocenters. The van der Waals surface area contributed by atoms with Gasteiger partial charge in [0.05, 0.1) is 24.4 Å². The van der Waals surface area contributed by atoms with Crippen molar-refractivity contribution in [3.8, 4) is 0 Å². The summed E-state index contributed by atoms with van der Waals surface area (Å²) in [4.78, 5) is 13.3. The number of sulfonamides is 1. The molecule has 3 aromatic rings. The fourth-order valence-corrected chi connectivity index (χ4v) is 5.01. The fourth-order valence-electron chi connectivity index (χ4n) is 3.57. The average Bonchev–Trinajstić information content (AvgIpc) is 3.33. The molecule has 1 aliphatic rings. The minimum atomic E-state index is -3.70. The first-order chi connectivity index (χ1) is 15.0. The predicted octanol–water partition coefficient (Wildman–Crippen LogP) is 3.13. The van der Waals surface area contributed by atoms with E-state index in [2.05, 4.69) is 5.32 Å². The molecule has 1 fully saturated rings. The van der Waals surface area contributed by atoms with E-state index in [1.54, 1.807) is 31.4 Å². The van der Waals surface area contributed by atoms with Crippen LogP contribution in [0.4, 0.5) is 0 Å². The summed E-state index contributed by atoms with van der Waals surface area (Å²) >= 11 is 0. The number of hydrogen-bond donors (Lipinski definition) is 1. The van der Waals surface area contributed by atoms with E-state index < -0.39 is 16.1 Å². The monoisotopic (exact) mass is 440 g/mol. The molecule has 0 saturated carbocycles. The van der Waals surface area contributed by atoms with Crippen LogP contribution in [0.3, 0.4) is 0 Å². The molecule has 1 saturated heterocycles. The van der Waals surface area contributed by atoms with E-state index in [0.717, 1.165) is 5.56 Å². The van der Waals surface area contributed by atoms with E-state index in [1.165, 1.54) is 16.4 Å². The summed E-state index contributed by atoms with van der Waals surface area (Å²) in [6, 6.07) is 17.2. The second kappa shape index (κ2) is 9.05. The first-order valence-corrected chi connectivity index (χ1v) is 11.5. The van der Waals surface area contributed by atoms with Gasteiger partial charge in [0.25, 0.3) is 5.91 Å². The molecular formula is C23H24N2O5S. The highest BCUT2D eigenvalue weighted by Crippen LogP contribution is 2.25. The third-order valence-electron chi connectivity index (χ3n) is 5.30. The van der Waals surface area contributed by atoms with Gasteiger partial charge in [0.2, 0.25) is 10.0 Å². The van der Waals surface area contributed by atoms with Gasteiger partial charge in [-0.15, -0.1) is 0 Å². The van der Waals surface area contributed by atoms with Gasteiger partial charge in [-0.1, -0.05) is 36.4 Å². The normalized spacial score (nSPS) is 16.0. The Labute approximate surface area is 181 Å². The van der Waals surface area contributed by atoms with Gasteiger partial charge in [-0.3, -0.25) is 4.79 Å². The Balaban J connectivity index is 1.64. The van der Waals surface area contributed by atoms with Gasteiger partial charge in [-0.25, -0.2) is 8.42 Å². The molecule has 31 heavy (non-hydrogen) atoms. The maximum absolute atomic E-state index is 13.2. The molecule has 1 aliphatic heterocycles. The number of nitrogens with zero attached hydrogens (tertiary/aromatic N) is 1. The number of carbonyl (C=O) groups is 1. The summed E-state index contributed by atoms with van der Waals surface area (Å²) in [5.41, 5.74) is 1.85. The van der Waals surface area contributed by atoms with Crippen LogP contribution in [0, 0.1) is 6.92 Å². The average molecular weight is 441 g/mol. The molecule has 1 amide bonds. The molecule has 162 valence electrons. The predicted molar refractivity (Wildman–Crippen MR) is 115 cm³/mol. The molecule has 1 unspecified atom stereocenters. The van der Waals surface area contributed by atoms with Crippen molar-refractivity contribution in [3.05, 3.63) is 89.4 Å². The van der Waals surface area contributed by atoms with E-state index in [1.807, 2.05) is 30.3 Å². The number of carbonyl (C=O) groups excluding carboxylic acids is 1. The summed E-state index contributed by atoms with van der Waals surface area (Å²) in [6.45, 7) is 3.10. The lowest BCUT2D eigenvalue weighted by atomic mass is 10.0. The molecule has 0 bridgehead atoms. The highest BCUT2D eigenvalue weighted by molar-refractivity contribution is 7.89. The smallest absolute Gasteiger partial charge is 0.252 e. The molecule has 7 nitrogen and oxygen atoms in total. The number of benzene rings is 2. The summed E-state index contributed by atoms with van der Waals surface area (Å²) in [7, 11) is -3.70. The van der Waals surface area contributed by atoms with E-state index in [4.69, 9.17) is 9.15 Å². The zero-order valence-electron chi connectivity index (χ0n) is 17.2. The summed E-state index contributed by atoms with van der Waals surface area (Å²) in [6.07, 6.45) is 1.55. The lowest BCUT2D eigenvalue weighted by molar-refractivity contribution is 0.0730. The van der Waals surface area contributed by atoms with Crippen molar-refractivity contribution >= 4 is 15.9 Å². The first kappa shape index (κ1) is 21.3. The van der Waals surface area contributed by atoms with E-state index >= 15 is 0 Å². The zero-order chi connectivity index (χ0) is 21.8. The van der Waals surface area contributed by atoms with Crippen LogP contribution in [0.1, 0.15) is 33.3 Å². The highest BCUT2D eigenvalue weighted by atomic mass is 32.2. The maximum Gasteiger partial charge on any atom is 0.252 e. The maximum atomic E-state index is 13.2. The third-order valence-corrected chi connectivity index (χ3v) is 7.19. The number of morpholine rings is 1. The van der Waals surface area contributed by atoms with Crippen molar-refractivity contribution < 1.29 is 22.4 Å².